The average molecular weight is 227 g/mol. The minimum Gasteiger partial charge on any atom is -0.390 e. The smallest absolute Gasteiger partial charge is 0.219 e. The molecule has 2 rings (SSSR count). The van der Waals surface area contributed by atoms with Gasteiger partial charge >= 0.3 is 0 Å². The molecule has 2 aliphatic rings. The van der Waals surface area contributed by atoms with Gasteiger partial charge in [0.1, 0.15) is 0 Å². The molecule has 1 N–H and O–H groups in total. The number of amides is 1. The Labute approximate surface area is 96.6 Å². The fraction of sp³-hybridized carbons (Fsp3) is 0.917. The SMILES string of the molecule is COC1CC2CN(C(C)=O)CCC2CC1O. The summed E-state index contributed by atoms with van der Waals surface area (Å²) in [6.07, 6.45) is 2.36. The summed E-state index contributed by atoms with van der Waals surface area (Å²) in [5.74, 6) is 1.24. The molecule has 92 valence electrons. The van der Waals surface area contributed by atoms with Gasteiger partial charge in [-0.05, 0) is 31.1 Å². The van der Waals surface area contributed by atoms with Gasteiger partial charge in [0.15, 0.2) is 0 Å². The average Bonchev–Trinajstić information content (AvgIpc) is 2.27. The highest BCUT2D eigenvalue weighted by molar-refractivity contribution is 5.73. The van der Waals surface area contributed by atoms with Gasteiger partial charge in [-0.15, -0.1) is 0 Å². The number of ether oxygens (including phenoxy) is 1. The van der Waals surface area contributed by atoms with Gasteiger partial charge in [-0.3, -0.25) is 4.79 Å². The molecule has 4 nitrogen and oxygen atoms in total. The number of likely N-dealkylation sites (tertiary alicyclic amines) is 1. The van der Waals surface area contributed by atoms with Gasteiger partial charge < -0.3 is 14.7 Å². The maximum Gasteiger partial charge on any atom is 0.219 e. The molecule has 0 radical (unpaired) electrons. The molecule has 16 heavy (non-hydrogen) atoms. The molecule has 4 atom stereocenters. The predicted octanol–water partition coefficient (Wildman–Crippen LogP) is 0.641. The lowest BCUT2D eigenvalue weighted by Gasteiger charge is -2.44. The molecular weight excluding hydrogens is 206 g/mol. The number of rotatable bonds is 1. The molecule has 0 spiro atoms. The Morgan fingerprint density at radius 1 is 1.38 bits per heavy atom. The highest BCUT2D eigenvalue weighted by Gasteiger charge is 2.39. The number of hydrogen-bond donors (Lipinski definition) is 1. The molecule has 4 heteroatoms. The van der Waals surface area contributed by atoms with E-state index in [0.29, 0.717) is 11.8 Å². The standard InChI is InChI=1S/C12H21NO3/c1-8(14)13-4-3-9-5-11(15)12(16-2)6-10(9)7-13/h9-12,15H,3-7H2,1-2H3. The Hall–Kier alpha value is -0.610. The molecule has 2 fully saturated rings. The van der Waals surface area contributed by atoms with E-state index in [1.165, 1.54) is 0 Å². The number of aliphatic hydroxyl groups excluding tert-OH is 1. The van der Waals surface area contributed by atoms with Gasteiger partial charge in [-0.2, -0.15) is 0 Å². The number of carbonyl (C=O) groups excluding carboxylic acids is 1. The number of piperidine rings is 1. The van der Waals surface area contributed by atoms with Crippen molar-refractivity contribution in [2.45, 2.75) is 38.4 Å². The Morgan fingerprint density at radius 2 is 2.12 bits per heavy atom. The summed E-state index contributed by atoms with van der Waals surface area (Å²) >= 11 is 0. The monoisotopic (exact) mass is 227 g/mol. The molecule has 1 saturated heterocycles. The number of methoxy groups -OCH3 is 1. The molecule has 1 amide bonds. The molecule has 1 heterocycles. The maximum atomic E-state index is 11.3. The first kappa shape index (κ1) is 11.9. The van der Waals surface area contributed by atoms with Crippen molar-refractivity contribution < 1.29 is 14.6 Å². The first-order valence-corrected chi connectivity index (χ1v) is 6.08. The fourth-order valence-corrected chi connectivity index (χ4v) is 3.11. The largest absolute Gasteiger partial charge is 0.390 e. The minimum atomic E-state index is -0.324. The van der Waals surface area contributed by atoms with E-state index in [1.54, 1.807) is 14.0 Å². The lowest BCUT2D eigenvalue weighted by molar-refractivity contribution is -0.135. The number of nitrogens with zero attached hydrogens (tertiary/aromatic N) is 1. The second-order valence-electron chi connectivity index (χ2n) is 5.09. The summed E-state index contributed by atoms with van der Waals surface area (Å²) in [4.78, 5) is 13.3. The quantitative estimate of drug-likeness (QED) is 0.715. The second kappa shape index (κ2) is 4.72. The third kappa shape index (κ3) is 2.23. The number of hydrogen-bond acceptors (Lipinski definition) is 3. The second-order valence-corrected chi connectivity index (χ2v) is 5.09. The van der Waals surface area contributed by atoms with E-state index in [4.69, 9.17) is 4.74 Å². The van der Waals surface area contributed by atoms with Crippen molar-refractivity contribution in [1.82, 2.24) is 4.90 Å². The molecule has 1 saturated carbocycles. The first-order valence-electron chi connectivity index (χ1n) is 6.08. The zero-order valence-corrected chi connectivity index (χ0v) is 10.1. The van der Waals surface area contributed by atoms with E-state index in [2.05, 4.69) is 0 Å². The molecule has 0 bridgehead atoms. The third-order valence-electron chi connectivity index (χ3n) is 4.15. The van der Waals surface area contributed by atoms with Crippen LogP contribution in [0.15, 0.2) is 0 Å². The molecular formula is C12H21NO3. The lowest BCUT2D eigenvalue weighted by Crippen LogP contribution is -2.49. The lowest BCUT2D eigenvalue weighted by atomic mass is 9.72. The molecule has 0 aromatic heterocycles. The summed E-state index contributed by atoms with van der Waals surface area (Å²) in [5.41, 5.74) is 0. The summed E-state index contributed by atoms with van der Waals surface area (Å²) < 4.78 is 5.29. The summed E-state index contributed by atoms with van der Waals surface area (Å²) in [6, 6.07) is 0. The minimum absolute atomic E-state index is 0.0480. The van der Waals surface area contributed by atoms with Gasteiger partial charge in [0.05, 0.1) is 12.2 Å². The number of aliphatic hydroxyl groups is 1. The van der Waals surface area contributed by atoms with Crippen LogP contribution < -0.4 is 0 Å². The van der Waals surface area contributed by atoms with Crippen LogP contribution in [0.3, 0.4) is 0 Å². The van der Waals surface area contributed by atoms with Crippen LogP contribution in [0.2, 0.25) is 0 Å². The normalized spacial score (nSPS) is 39.3. The zero-order valence-electron chi connectivity index (χ0n) is 10.1. The van der Waals surface area contributed by atoms with Crippen molar-refractivity contribution in [2.75, 3.05) is 20.2 Å². The van der Waals surface area contributed by atoms with Crippen molar-refractivity contribution in [3.8, 4) is 0 Å². The predicted molar refractivity (Wildman–Crippen MR) is 59.9 cm³/mol. The molecule has 1 aliphatic heterocycles. The molecule has 1 aliphatic carbocycles. The fourth-order valence-electron chi connectivity index (χ4n) is 3.11. The molecule has 0 aromatic carbocycles. The first-order chi connectivity index (χ1) is 7.61. The highest BCUT2D eigenvalue weighted by Crippen LogP contribution is 2.37. The van der Waals surface area contributed by atoms with E-state index in [1.807, 2.05) is 4.90 Å². The van der Waals surface area contributed by atoms with Crippen LogP contribution in [0.25, 0.3) is 0 Å². The van der Waals surface area contributed by atoms with E-state index < -0.39 is 0 Å². The van der Waals surface area contributed by atoms with Gasteiger partial charge in [0.25, 0.3) is 0 Å². The van der Waals surface area contributed by atoms with Crippen molar-refractivity contribution >= 4 is 5.91 Å². The van der Waals surface area contributed by atoms with Crippen LogP contribution in [0.5, 0.6) is 0 Å². The Bertz CT molecular complexity index is 269. The topological polar surface area (TPSA) is 49.8 Å². The van der Waals surface area contributed by atoms with Crippen molar-refractivity contribution in [2.24, 2.45) is 11.8 Å². The van der Waals surface area contributed by atoms with Crippen molar-refractivity contribution in [3.05, 3.63) is 0 Å². The number of fused-ring (bicyclic) bond motifs is 1. The third-order valence-corrected chi connectivity index (χ3v) is 4.15. The highest BCUT2D eigenvalue weighted by atomic mass is 16.5. The Kier molecular flexibility index (Phi) is 3.50. The van der Waals surface area contributed by atoms with Crippen LogP contribution in [-0.2, 0) is 9.53 Å². The van der Waals surface area contributed by atoms with E-state index in [-0.39, 0.29) is 18.1 Å². The van der Waals surface area contributed by atoms with Crippen LogP contribution in [0, 0.1) is 11.8 Å². The maximum absolute atomic E-state index is 11.3. The van der Waals surface area contributed by atoms with Gasteiger partial charge in [-0.25, -0.2) is 0 Å². The van der Waals surface area contributed by atoms with E-state index in [0.717, 1.165) is 32.4 Å². The zero-order chi connectivity index (χ0) is 11.7. The number of carbonyl (C=O) groups is 1. The van der Waals surface area contributed by atoms with Crippen LogP contribution in [0.4, 0.5) is 0 Å². The van der Waals surface area contributed by atoms with Gasteiger partial charge in [0.2, 0.25) is 5.91 Å². The Balaban J connectivity index is 1.99. The molecule has 0 aromatic rings. The van der Waals surface area contributed by atoms with Crippen LogP contribution in [-0.4, -0.2) is 48.3 Å². The van der Waals surface area contributed by atoms with Crippen LogP contribution >= 0.6 is 0 Å². The van der Waals surface area contributed by atoms with Crippen molar-refractivity contribution in [3.63, 3.8) is 0 Å². The van der Waals surface area contributed by atoms with Crippen molar-refractivity contribution in [1.29, 1.82) is 0 Å². The van der Waals surface area contributed by atoms with Gasteiger partial charge in [0, 0.05) is 27.1 Å². The van der Waals surface area contributed by atoms with E-state index in [9.17, 15) is 9.90 Å². The Morgan fingerprint density at radius 3 is 2.75 bits per heavy atom. The summed E-state index contributed by atoms with van der Waals surface area (Å²) in [5, 5.41) is 9.88. The van der Waals surface area contributed by atoms with Crippen LogP contribution in [0.1, 0.15) is 26.2 Å². The molecule has 4 unspecified atom stereocenters. The summed E-state index contributed by atoms with van der Waals surface area (Å²) in [7, 11) is 1.65. The summed E-state index contributed by atoms with van der Waals surface area (Å²) in [6.45, 7) is 3.32. The van der Waals surface area contributed by atoms with Gasteiger partial charge in [-0.1, -0.05) is 0 Å². The van der Waals surface area contributed by atoms with E-state index >= 15 is 0 Å².